The highest BCUT2D eigenvalue weighted by Gasteiger charge is 2.24. The molecule has 0 spiro atoms. The predicted octanol–water partition coefficient (Wildman–Crippen LogP) is 3.87. The third-order valence-corrected chi connectivity index (χ3v) is 4.14. The number of anilines is 2. The Bertz CT molecular complexity index is 624. The van der Waals surface area contributed by atoms with Gasteiger partial charge in [-0.2, -0.15) is 0 Å². The van der Waals surface area contributed by atoms with Crippen molar-refractivity contribution in [3.63, 3.8) is 0 Å². The molecule has 0 aromatic heterocycles. The third-order valence-electron chi connectivity index (χ3n) is 4.14. The first-order valence-corrected chi connectivity index (χ1v) is 8.00. The third kappa shape index (κ3) is 3.74. The van der Waals surface area contributed by atoms with Gasteiger partial charge in [0.25, 0.3) is 0 Å². The Morgan fingerprint density at radius 3 is 2.04 bits per heavy atom. The predicted molar refractivity (Wildman–Crippen MR) is 97.8 cm³/mol. The van der Waals surface area contributed by atoms with Gasteiger partial charge in [-0.1, -0.05) is 43.3 Å². The maximum absolute atomic E-state index is 12.8. The zero-order valence-corrected chi connectivity index (χ0v) is 14.2. The van der Waals surface area contributed by atoms with Crippen LogP contribution >= 0.6 is 12.4 Å². The normalized spacial score (nSPS) is 12.7. The summed E-state index contributed by atoms with van der Waals surface area (Å²) in [5, 5.41) is 3.23. The van der Waals surface area contributed by atoms with Crippen LogP contribution in [0.25, 0.3) is 0 Å². The van der Waals surface area contributed by atoms with Crippen LogP contribution in [0.4, 0.5) is 11.4 Å². The molecular weight excluding hydrogens is 308 g/mol. The van der Waals surface area contributed by atoms with Crippen LogP contribution in [0.1, 0.15) is 24.5 Å². The Morgan fingerprint density at radius 2 is 1.52 bits per heavy atom. The van der Waals surface area contributed by atoms with E-state index in [4.69, 9.17) is 0 Å². The molecule has 23 heavy (non-hydrogen) atoms. The second-order valence-corrected chi connectivity index (χ2v) is 5.59. The quantitative estimate of drug-likeness (QED) is 0.863. The molecule has 122 valence electrons. The number of halogens is 1. The van der Waals surface area contributed by atoms with Crippen LogP contribution in [-0.4, -0.2) is 19.0 Å². The number of carbonyl (C=O) groups excluding carboxylic acids is 1. The Labute approximate surface area is 144 Å². The molecule has 0 aliphatic carbocycles. The average Bonchev–Trinajstić information content (AvgIpc) is 2.72. The van der Waals surface area contributed by atoms with Gasteiger partial charge >= 0.3 is 0 Å². The number of benzene rings is 2. The van der Waals surface area contributed by atoms with E-state index in [9.17, 15) is 4.79 Å². The van der Waals surface area contributed by atoms with Gasteiger partial charge in [0.05, 0.1) is 11.4 Å². The lowest BCUT2D eigenvalue weighted by Gasteiger charge is -2.25. The van der Waals surface area contributed by atoms with Crippen molar-refractivity contribution in [1.29, 1.82) is 0 Å². The van der Waals surface area contributed by atoms with Gasteiger partial charge in [-0.3, -0.25) is 9.69 Å². The number of nitrogens with one attached hydrogen (secondary N) is 1. The van der Waals surface area contributed by atoms with Gasteiger partial charge in [0, 0.05) is 13.0 Å². The van der Waals surface area contributed by atoms with Gasteiger partial charge in [-0.15, -0.1) is 12.4 Å². The summed E-state index contributed by atoms with van der Waals surface area (Å²) in [5.74, 6) is 0.155. The van der Waals surface area contributed by atoms with E-state index in [2.05, 4.69) is 48.6 Å². The highest BCUT2D eigenvalue weighted by atomic mass is 35.5. The fraction of sp³-hybridized carbons (Fsp3) is 0.316. The minimum atomic E-state index is 0. The summed E-state index contributed by atoms with van der Waals surface area (Å²) >= 11 is 0. The van der Waals surface area contributed by atoms with E-state index in [1.807, 2.05) is 17.0 Å². The molecule has 1 aliphatic rings. The van der Waals surface area contributed by atoms with Crippen LogP contribution in [0.5, 0.6) is 0 Å². The first-order chi connectivity index (χ1) is 10.8. The zero-order chi connectivity index (χ0) is 15.4. The number of carbonyl (C=O) groups is 1. The molecule has 2 aromatic carbocycles. The van der Waals surface area contributed by atoms with Gasteiger partial charge in [0.1, 0.15) is 0 Å². The topological polar surface area (TPSA) is 32.3 Å². The number of para-hydroxylation sites is 2. The van der Waals surface area contributed by atoms with Crippen LogP contribution in [0.3, 0.4) is 0 Å². The molecule has 1 heterocycles. The highest BCUT2D eigenvalue weighted by Crippen LogP contribution is 2.36. The lowest BCUT2D eigenvalue weighted by atomic mass is 10.0. The minimum Gasteiger partial charge on any atom is -0.316 e. The van der Waals surface area contributed by atoms with E-state index < -0.39 is 0 Å². The lowest BCUT2D eigenvalue weighted by molar-refractivity contribution is -0.117. The second kappa shape index (κ2) is 8.14. The molecule has 0 saturated carbocycles. The van der Waals surface area contributed by atoms with Gasteiger partial charge in [-0.05, 0) is 42.6 Å². The van der Waals surface area contributed by atoms with Gasteiger partial charge < -0.3 is 5.32 Å². The molecule has 0 saturated heterocycles. The maximum Gasteiger partial charge on any atom is 0.232 e. The van der Waals surface area contributed by atoms with Crippen molar-refractivity contribution in [1.82, 2.24) is 5.32 Å². The Balaban J connectivity index is 0.00000192. The van der Waals surface area contributed by atoms with Crippen molar-refractivity contribution in [2.24, 2.45) is 0 Å². The first-order valence-electron chi connectivity index (χ1n) is 8.00. The average molecular weight is 331 g/mol. The monoisotopic (exact) mass is 330 g/mol. The van der Waals surface area contributed by atoms with Crippen LogP contribution in [-0.2, 0) is 17.6 Å². The molecule has 0 unspecified atom stereocenters. The summed E-state index contributed by atoms with van der Waals surface area (Å²) in [5.41, 5.74) is 4.56. The van der Waals surface area contributed by atoms with E-state index >= 15 is 0 Å². The molecule has 0 bridgehead atoms. The van der Waals surface area contributed by atoms with Crippen molar-refractivity contribution >= 4 is 29.7 Å². The van der Waals surface area contributed by atoms with Gasteiger partial charge in [0.2, 0.25) is 5.91 Å². The molecular formula is C19H23ClN2O. The molecule has 0 fully saturated rings. The maximum atomic E-state index is 12.8. The number of amides is 1. The first kappa shape index (κ1) is 17.5. The molecule has 3 nitrogen and oxygen atoms in total. The van der Waals surface area contributed by atoms with Crippen molar-refractivity contribution in [2.45, 2.75) is 26.2 Å². The number of fused-ring (bicyclic) bond motifs is 2. The summed E-state index contributed by atoms with van der Waals surface area (Å²) < 4.78 is 0. The zero-order valence-electron chi connectivity index (χ0n) is 13.4. The molecule has 1 aliphatic heterocycles. The summed E-state index contributed by atoms with van der Waals surface area (Å²) in [6.45, 7) is 3.66. The van der Waals surface area contributed by atoms with E-state index in [0.717, 1.165) is 37.3 Å². The largest absolute Gasteiger partial charge is 0.316 e. The van der Waals surface area contributed by atoms with Gasteiger partial charge in [-0.25, -0.2) is 0 Å². The van der Waals surface area contributed by atoms with Gasteiger partial charge in [0.15, 0.2) is 0 Å². The molecule has 0 radical (unpaired) electrons. The Hall–Kier alpha value is -1.84. The Morgan fingerprint density at radius 1 is 1.00 bits per heavy atom. The smallest absolute Gasteiger partial charge is 0.232 e. The van der Waals surface area contributed by atoms with Crippen LogP contribution in [0.2, 0.25) is 0 Å². The number of rotatable bonds is 4. The standard InChI is InChI=1S/C19H22N2O.ClH/c1-2-20-14-13-19(22)21-17-9-5-3-7-15(17)11-12-16-8-4-6-10-18(16)21;/h3-10,20H,2,11-14H2,1H3;1H. The van der Waals surface area contributed by atoms with Crippen molar-refractivity contribution in [3.8, 4) is 0 Å². The van der Waals surface area contributed by atoms with Crippen molar-refractivity contribution < 1.29 is 4.79 Å². The minimum absolute atomic E-state index is 0. The molecule has 3 rings (SSSR count). The summed E-state index contributed by atoms with van der Waals surface area (Å²) in [4.78, 5) is 14.7. The fourth-order valence-electron chi connectivity index (χ4n) is 3.03. The van der Waals surface area contributed by atoms with E-state index in [0.29, 0.717) is 6.42 Å². The molecule has 1 N–H and O–H groups in total. The number of hydrogen-bond acceptors (Lipinski definition) is 2. The van der Waals surface area contributed by atoms with E-state index in [-0.39, 0.29) is 18.3 Å². The molecule has 0 atom stereocenters. The molecule has 1 amide bonds. The SMILES string of the molecule is CCNCCC(=O)N1c2ccccc2CCc2ccccc21.Cl. The number of hydrogen-bond donors (Lipinski definition) is 1. The summed E-state index contributed by atoms with van der Waals surface area (Å²) in [6.07, 6.45) is 2.46. The van der Waals surface area contributed by atoms with Crippen LogP contribution in [0.15, 0.2) is 48.5 Å². The number of nitrogens with zero attached hydrogens (tertiary/aromatic N) is 1. The fourth-order valence-corrected chi connectivity index (χ4v) is 3.03. The Kier molecular flexibility index (Phi) is 6.20. The second-order valence-electron chi connectivity index (χ2n) is 5.59. The summed E-state index contributed by atoms with van der Waals surface area (Å²) in [7, 11) is 0. The van der Waals surface area contributed by atoms with E-state index in [1.54, 1.807) is 0 Å². The van der Waals surface area contributed by atoms with E-state index in [1.165, 1.54) is 11.1 Å². The highest BCUT2D eigenvalue weighted by molar-refractivity contribution is 6.02. The van der Waals surface area contributed by atoms with Crippen molar-refractivity contribution in [2.75, 3.05) is 18.0 Å². The van der Waals surface area contributed by atoms with Crippen LogP contribution in [0, 0.1) is 0 Å². The summed E-state index contributed by atoms with van der Waals surface area (Å²) in [6, 6.07) is 16.5. The number of aryl methyl sites for hydroxylation is 2. The van der Waals surface area contributed by atoms with Crippen LogP contribution < -0.4 is 10.2 Å². The molecule has 2 aromatic rings. The molecule has 4 heteroatoms. The lowest BCUT2D eigenvalue weighted by Crippen LogP contribution is -2.30. The van der Waals surface area contributed by atoms with Crippen molar-refractivity contribution in [3.05, 3.63) is 59.7 Å².